The minimum Gasteiger partial charge on any atom is -0.338 e. The summed E-state index contributed by atoms with van der Waals surface area (Å²) in [5.74, 6) is -0.428. The molecule has 0 aliphatic carbocycles. The second-order valence-corrected chi connectivity index (χ2v) is 8.17. The molecule has 7 nitrogen and oxygen atoms in total. The van der Waals surface area contributed by atoms with Crippen LogP contribution in [0.4, 0.5) is 14.9 Å². The molecule has 1 aliphatic heterocycles. The first-order chi connectivity index (χ1) is 15.5. The van der Waals surface area contributed by atoms with Gasteiger partial charge in [-0.25, -0.2) is 13.9 Å². The zero-order valence-electron chi connectivity index (χ0n) is 17.3. The second kappa shape index (κ2) is 9.82. The number of halogens is 2. The third-order valence-corrected chi connectivity index (χ3v) is 5.56. The van der Waals surface area contributed by atoms with Crippen LogP contribution in [0.3, 0.4) is 0 Å². The minimum atomic E-state index is -0.415. The van der Waals surface area contributed by atoms with Crippen molar-refractivity contribution in [3.8, 4) is 5.69 Å². The van der Waals surface area contributed by atoms with Crippen LogP contribution in [0.1, 0.15) is 23.3 Å². The number of carbonyl (C=O) groups is 2. The fourth-order valence-corrected chi connectivity index (χ4v) is 3.94. The first kappa shape index (κ1) is 21.8. The maximum absolute atomic E-state index is 13.2. The summed E-state index contributed by atoms with van der Waals surface area (Å²) in [6.45, 7) is 1.60. The molecule has 0 saturated carbocycles. The topological polar surface area (TPSA) is 79.3 Å². The molecule has 32 heavy (non-hydrogen) atoms. The van der Waals surface area contributed by atoms with E-state index in [2.05, 4.69) is 15.7 Å². The Bertz CT molecular complexity index is 1120. The zero-order valence-corrected chi connectivity index (χ0v) is 18.1. The number of hydrogen-bond donors (Lipinski definition) is 2. The van der Waals surface area contributed by atoms with Gasteiger partial charge in [0.15, 0.2) is 5.69 Å². The first-order valence-corrected chi connectivity index (χ1v) is 10.8. The summed E-state index contributed by atoms with van der Waals surface area (Å²) in [6, 6.07) is 14.3. The fraction of sp³-hybridized carbons (Fsp3) is 0.261. The number of carbonyl (C=O) groups excluding carboxylic acids is 2. The van der Waals surface area contributed by atoms with Crippen molar-refractivity contribution in [3.05, 3.63) is 77.3 Å². The number of anilines is 1. The summed E-state index contributed by atoms with van der Waals surface area (Å²) in [7, 11) is 0. The molecule has 3 amide bonds. The van der Waals surface area contributed by atoms with Gasteiger partial charge in [0.05, 0.1) is 5.69 Å². The van der Waals surface area contributed by atoms with E-state index in [9.17, 15) is 14.0 Å². The maximum atomic E-state index is 13.2. The largest absolute Gasteiger partial charge is 0.338 e. The van der Waals surface area contributed by atoms with Crippen LogP contribution >= 0.6 is 11.6 Å². The van der Waals surface area contributed by atoms with E-state index in [0.717, 1.165) is 18.5 Å². The van der Waals surface area contributed by atoms with Gasteiger partial charge in [-0.1, -0.05) is 23.7 Å². The molecule has 1 atom stereocenters. The molecule has 1 unspecified atom stereocenters. The van der Waals surface area contributed by atoms with E-state index in [1.807, 2.05) is 12.1 Å². The average molecular weight is 456 g/mol. The predicted molar refractivity (Wildman–Crippen MR) is 121 cm³/mol. The Labute approximate surface area is 190 Å². The molecule has 4 rings (SSSR count). The van der Waals surface area contributed by atoms with Crippen molar-refractivity contribution in [3.63, 3.8) is 0 Å². The van der Waals surface area contributed by atoms with Crippen LogP contribution in [0.25, 0.3) is 5.69 Å². The van der Waals surface area contributed by atoms with Crippen molar-refractivity contribution in [1.29, 1.82) is 0 Å². The molecule has 0 radical (unpaired) electrons. The highest BCUT2D eigenvalue weighted by Gasteiger charge is 2.26. The molecule has 1 aliphatic rings. The average Bonchev–Trinajstić information content (AvgIpc) is 3.28. The van der Waals surface area contributed by atoms with Gasteiger partial charge < -0.3 is 15.5 Å². The number of aromatic nitrogens is 2. The molecule has 1 saturated heterocycles. The van der Waals surface area contributed by atoms with E-state index >= 15 is 0 Å². The van der Waals surface area contributed by atoms with E-state index in [-0.39, 0.29) is 11.8 Å². The molecular weight excluding hydrogens is 433 g/mol. The summed E-state index contributed by atoms with van der Waals surface area (Å²) < 4.78 is 14.9. The minimum absolute atomic E-state index is 0.126. The highest BCUT2D eigenvalue weighted by molar-refractivity contribution is 6.30. The molecule has 0 bridgehead atoms. The number of benzene rings is 2. The molecular formula is C23H23ClFN5O2. The number of hydrogen-bond acceptors (Lipinski definition) is 3. The van der Waals surface area contributed by atoms with Crippen molar-refractivity contribution >= 4 is 29.2 Å². The Hall–Kier alpha value is -3.39. The van der Waals surface area contributed by atoms with Gasteiger partial charge in [-0.05, 0) is 61.2 Å². The Balaban J connectivity index is 1.31. The van der Waals surface area contributed by atoms with Crippen molar-refractivity contribution in [2.24, 2.45) is 5.92 Å². The highest BCUT2D eigenvalue weighted by Crippen LogP contribution is 2.19. The lowest BCUT2D eigenvalue weighted by molar-refractivity contribution is 0.0668. The van der Waals surface area contributed by atoms with Crippen LogP contribution in [0, 0.1) is 11.7 Å². The van der Waals surface area contributed by atoms with E-state index in [1.165, 1.54) is 18.2 Å². The van der Waals surface area contributed by atoms with Gasteiger partial charge in [0.2, 0.25) is 0 Å². The second-order valence-electron chi connectivity index (χ2n) is 7.73. The quantitative estimate of drug-likeness (QED) is 0.600. The predicted octanol–water partition coefficient (Wildman–Crippen LogP) is 4.34. The van der Waals surface area contributed by atoms with Gasteiger partial charge in [-0.3, -0.25) is 4.79 Å². The summed E-state index contributed by atoms with van der Waals surface area (Å²) in [5, 5.41) is 10.4. The van der Waals surface area contributed by atoms with Crippen molar-refractivity contribution in [1.82, 2.24) is 20.0 Å². The van der Waals surface area contributed by atoms with Gasteiger partial charge in [0.25, 0.3) is 5.91 Å². The van der Waals surface area contributed by atoms with Crippen LogP contribution in [0.5, 0.6) is 0 Å². The molecule has 2 heterocycles. The SMILES string of the molecule is O=C(NCC1CCCN(C(=O)c2ccn(-c3cccc(Cl)c3)n2)C1)Nc1cccc(F)c1. The molecule has 3 aromatic rings. The Morgan fingerprint density at radius 3 is 2.81 bits per heavy atom. The molecule has 166 valence electrons. The molecule has 0 spiro atoms. The first-order valence-electron chi connectivity index (χ1n) is 10.4. The summed E-state index contributed by atoms with van der Waals surface area (Å²) in [6.07, 6.45) is 3.48. The number of amides is 3. The summed E-state index contributed by atoms with van der Waals surface area (Å²) in [4.78, 5) is 26.8. The van der Waals surface area contributed by atoms with Gasteiger partial charge in [-0.2, -0.15) is 5.10 Å². The van der Waals surface area contributed by atoms with Gasteiger partial charge in [0, 0.05) is 36.5 Å². The van der Waals surface area contributed by atoms with Crippen LogP contribution in [0.2, 0.25) is 5.02 Å². The normalized spacial score (nSPS) is 15.9. The lowest BCUT2D eigenvalue weighted by atomic mass is 9.98. The standard InChI is InChI=1S/C23H23ClFN5O2/c24-17-5-1-8-20(12-17)30-11-9-21(28-30)22(31)29-10-3-4-16(15-29)14-26-23(32)27-19-7-2-6-18(25)13-19/h1-2,5-9,11-13,16H,3-4,10,14-15H2,(H2,26,27,32). The molecule has 2 N–H and O–H groups in total. The van der Waals surface area contributed by atoms with Gasteiger partial charge >= 0.3 is 6.03 Å². The summed E-state index contributed by atoms with van der Waals surface area (Å²) >= 11 is 6.04. The van der Waals surface area contributed by atoms with E-state index in [0.29, 0.717) is 36.0 Å². The smallest absolute Gasteiger partial charge is 0.319 e. The fourth-order valence-electron chi connectivity index (χ4n) is 3.76. The van der Waals surface area contributed by atoms with Crippen molar-refractivity contribution < 1.29 is 14.0 Å². The van der Waals surface area contributed by atoms with Crippen LogP contribution in [-0.2, 0) is 0 Å². The number of nitrogens with zero attached hydrogens (tertiary/aromatic N) is 3. The third kappa shape index (κ3) is 5.45. The molecule has 9 heteroatoms. The number of likely N-dealkylation sites (tertiary alicyclic amines) is 1. The van der Waals surface area contributed by atoms with E-state index in [1.54, 1.807) is 40.0 Å². The van der Waals surface area contributed by atoms with Gasteiger partial charge in [0.1, 0.15) is 5.82 Å². The van der Waals surface area contributed by atoms with Crippen molar-refractivity contribution in [2.45, 2.75) is 12.8 Å². The molecule has 1 fully saturated rings. The van der Waals surface area contributed by atoms with E-state index < -0.39 is 11.8 Å². The van der Waals surface area contributed by atoms with Crippen LogP contribution in [0.15, 0.2) is 60.8 Å². The number of piperidine rings is 1. The maximum Gasteiger partial charge on any atom is 0.319 e. The Morgan fingerprint density at radius 2 is 2.00 bits per heavy atom. The van der Waals surface area contributed by atoms with Gasteiger partial charge in [-0.15, -0.1) is 0 Å². The highest BCUT2D eigenvalue weighted by atomic mass is 35.5. The van der Waals surface area contributed by atoms with E-state index in [4.69, 9.17) is 11.6 Å². The van der Waals surface area contributed by atoms with Crippen LogP contribution < -0.4 is 10.6 Å². The Morgan fingerprint density at radius 1 is 1.16 bits per heavy atom. The zero-order chi connectivity index (χ0) is 22.5. The third-order valence-electron chi connectivity index (χ3n) is 5.32. The summed E-state index contributed by atoms with van der Waals surface area (Å²) in [5.41, 5.74) is 1.53. The number of nitrogens with one attached hydrogen (secondary N) is 2. The number of urea groups is 1. The lowest BCUT2D eigenvalue weighted by Gasteiger charge is -2.32. The van der Waals surface area contributed by atoms with Crippen molar-refractivity contribution in [2.75, 3.05) is 25.0 Å². The van der Waals surface area contributed by atoms with Crippen LogP contribution in [-0.4, -0.2) is 46.3 Å². The monoisotopic (exact) mass is 455 g/mol. The molecule has 2 aromatic carbocycles. The number of rotatable bonds is 5. The molecule has 1 aromatic heterocycles. The Kier molecular flexibility index (Phi) is 6.70. The lowest BCUT2D eigenvalue weighted by Crippen LogP contribution is -2.44.